The number of para-hydroxylation sites is 2. The molecule has 260 valence electrons. The molecule has 0 aliphatic carbocycles. The van der Waals surface area contributed by atoms with Gasteiger partial charge in [-0.3, -0.25) is 14.9 Å². The van der Waals surface area contributed by atoms with Crippen molar-refractivity contribution in [1.82, 2.24) is 34.8 Å². The van der Waals surface area contributed by atoms with Crippen LogP contribution in [-0.2, 0) is 0 Å². The summed E-state index contributed by atoms with van der Waals surface area (Å²) in [5.41, 5.74) is 11.5. The van der Waals surface area contributed by atoms with E-state index < -0.39 is 0 Å². The first-order valence-electron chi connectivity index (χ1n) is 17.1. The minimum atomic E-state index is 0.344. The molecule has 0 atom stereocenters. The third-order valence-electron chi connectivity index (χ3n) is 8.97. The van der Waals surface area contributed by atoms with Crippen molar-refractivity contribution in [2.75, 3.05) is 67.7 Å². The number of hydrogen-bond acceptors (Lipinski definition) is 13. The third kappa shape index (κ3) is 7.30. The number of nitrogen functional groups attached to an aromatic ring is 1. The topological polar surface area (TPSA) is 152 Å². The van der Waals surface area contributed by atoms with Crippen LogP contribution in [-0.4, -0.2) is 81.2 Å². The summed E-state index contributed by atoms with van der Waals surface area (Å²) in [5.74, 6) is 3.44. The lowest BCUT2D eigenvalue weighted by Crippen LogP contribution is -2.48. The number of hydrogen-bond donors (Lipinski definition) is 3. The second kappa shape index (κ2) is 14.7. The van der Waals surface area contributed by atoms with Crippen LogP contribution >= 0.6 is 0 Å². The molecule has 4 aromatic heterocycles. The number of ether oxygens (including phenoxy) is 2. The number of nitrogens with two attached hydrogens (primary N) is 1. The molecule has 1 aliphatic heterocycles. The van der Waals surface area contributed by atoms with E-state index in [9.17, 15) is 0 Å². The Morgan fingerprint density at radius 2 is 1.42 bits per heavy atom. The van der Waals surface area contributed by atoms with Gasteiger partial charge in [-0.25, -0.2) is 9.97 Å². The Labute approximate surface area is 300 Å². The summed E-state index contributed by atoms with van der Waals surface area (Å²) < 4.78 is 11.9. The van der Waals surface area contributed by atoms with Crippen LogP contribution < -0.4 is 30.7 Å². The molecule has 7 aromatic rings. The minimum absolute atomic E-state index is 0.344. The highest BCUT2D eigenvalue weighted by Crippen LogP contribution is 2.34. The summed E-state index contributed by atoms with van der Waals surface area (Å²) in [7, 11) is 1.63. The molecule has 1 fully saturated rings. The molecule has 0 radical (unpaired) electrons. The molecule has 0 saturated carbocycles. The molecule has 3 aromatic carbocycles. The summed E-state index contributed by atoms with van der Waals surface area (Å²) in [6, 6.07) is 27.6. The first kappa shape index (κ1) is 32.6. The maximum absolute atomic E-state index is 6.39. The molecule has 0 spiro atoms. The van der Waals surface area contributed by atoms with Gasteiger partial charge in [0, 0.05) is 61.5 Å². The van der Waals surface area contributed by atoms with Crippen molar-refractivity contribution in [2.45, 2.75) is 0 Å². The van der Waals surface area contributed by atoms with Gasteiger partial charge in [-0.2, -0.15) is 9.97 Å². The van der Waals surface area contributed by atoms with E-state index in [1.54, 1.807) is 25.7 Å². The number of rotatable bonds is 11. The number of anilines is 6. The molecule has 0 unspecified atom stereocenters. The second-order valence-electron chi connectivity index (χ2n) is 12.4. The van der Waals surface area contributed by atoms with E-state index in [1.807, 2.05) is 85.1 Å². The Hall–Kier alpha value is -6.60. The Morgan fingerprint density at radius 1 is 0.712 bits per heavy atom. The van der Waals surface area contributed by atoms with E-state index in [-0.39, 0.29) is 0 Å². The van der Waals surface area contributed by atoms with Crippen LogP contribution in [0.3, 0.4) is 0 Å². The van der Waals surface area contributed by atoms with E-state index in [4.69, 9.17) is 20.2 Å². The van der Waals surface area contributed by atoms with Gasteiger partial charge in [0.15, 0.2) is 11.5 Å². The lowest BCUT2D eigenvalue weighted by molar-refractivity contribution is 0.196. The fourth-order valence-electron chi connectivity index (χ4n) is 6.21. The summed E-state index contributed by atoms with van der Waals surface area (Å²) >= 11 is 0. The van der Waals surface area contributed by atoms with Gasteiger partial charge in [-0.1, -0.05) is 42.5 Å². The molecule has 5 heterocycles. The van der Waals surface area contributed by atoms with Crippen LogP contribution in [0.1, 0.15) is 0 Å². The van der Waals surface area contributed by atoms with Crippen LogP contribution in [0.25, 0.3) is 32.9 Å². The molecule has 1 saturated heterocycles. The number of aromatic nitrogens is 6. The highest BCUT2D eigenvalue weighted by Gasteiger charge is 2.20. The molecule has 0 amide bonds. The van der Waals surface area contributed by atoms with Gasteiger partial charge in [0.2, 0.25) is 11.9 Å². The van der Waals surface area contributed by atoms with Crippen molar-refractivity contribution in [2.24, 2.45) is 0 Å². The van der Waals surface area contributed by atoms with Crippen LogP contribution in [0, 0.1) is 0 Å². The summed E-state index contributed by atoms with van der Waals surface area (Å²) in [5, 5.41) is 8.66. The normalized spacial score (nSPS) is 13.3. The second-order valence-corrected chi connectivity index (χ2v) is 12.4. The van der Waals surface area contributed by atoms with Gasteiger partial charge in [-0.05, 0) is 48.0 Å². The van der Waals surface area contributed by atoms with Crippen LogP contribution in [0.15, 0.2) is 110 Å². The first-order chi connectivity index (χ1) is 25.6. The van der Waals surface area contributed by atoms with Gasteiger partial charge in [0.1, 0.15) is 18.2 Å². The maximum Gasteiger partial charge on any atom is 0.229 e. The van der Waals surface area contributed by atoms with Gasteiger partial charge >= 0.3 is 0 Å². The SMILES string of the molecule is COc1cc(-c2cnc(Nc3cnc4ccccc4c3)nc2N)ccc1OCCN1CCN(c2nccc(Nc3cnc4ccccc4c3)n2)CC1. The van der Waals surface area contributed by atoms with E-state index in [1.165, 1.54) is 0 Å². The molecular weight excluding hydrogens is 655 g/mol. The van der Waals surface area contributed by atoms with Crippen molar-refractivity contribution in [1.29, 1.82) is 0 Å². The average molecular weight is 692 g/mol. The molecule has 52 heavy (non-hydrogen) atoms. The zero-order valence-electron chi connectivity index (χ0n) is 28.6. The van der Waals surface area contributed by atoms with Crippen LogP contribution in [0.2, 0.25) is 0 Å². The highest BCUT2D eigenvalue weighted by molar-refractivity contribution is 5.83. The Bertz CT molecular complexity index is 2350. The number of benzene rings is 3. The van der Waals surface area contributed by atoms with Crippen molar-refractivity contribution in [3.8, 4) is 22.6 Å². The minimum Gasteiger partial charge on any atom is -0.493 e. The van der Waals surface area contributed by atoms with Gasteiger partial charge < -0.3 is 30.7 Å². The van der Waals surface area contributed by atoms with Crippen LogP contribution in [0.4, 0.5) is 34.9 Å². The molecule has 13 heteroatoms. The number of pyridine rings is 2. The van der Waals surface area contributed by atoms with E-state index in [0.717, 1.165) is 77.3 Å². The van der Waals surface area contributed by atoms with Crippen molar-refractivity contribution in [3.63, 3.8) is 0 Å². The fourth-order valence-corrected chi connectivity index (χ4v) is 6.21. The predicted molar refractivity (Wildman–Crippen MR) is 205 cm³/mol. The van der Waals surface area contributed by atoms with Gasteiger partial charge in [0.25, 0.3) is 0 Å². The smallest absolute Gasteiger partial charge is 0.229 e. The lowest BCUT2D eigenvalue weighted by Gasteiger charge is -2.34. The number of nitrogens with one attached hydrogen (secondary N) is 2. The molecule has 0 bridgehead atoms. The monoisotopic (exact) mass is 691 g/mol. The Balaban J connectivity index is 0.836. The van der Waals surface area contributed by atoms with Crippen molar-refractivity contribution < 1.29 is 9.47 Å². The highest BCUT2D eigenvalue weighted by atomic mass is 16.5. The van der Waals surface area contributed by atoms with Crippen molar-refractivity contribution in [3.05, 3.63) is 110 Å². The molecule has 1 aliphatic rings. The van der Waals surface area contributed by atoms with Crippen LogP contribution in [0.5, 0.6) is 11.5 Å². The van der Waals surface area contributed by atoms with E-state index in [0.29, 0.717) is 41.4 Å². The maximum atomic E-state index is 6.39. The van der Waals surface area contributed by atoms with Gasteiger partial charge in [0.05, 0.1) is 41.9 Å². The zero-order chi connectivity index (χ0) is 35.3. The van der Waals surface area contributed by atoms with E-state index >= 15 is 0 Å². The largest absolute Gasteiger partial charge is 0.493 e. The zero-order valence-corrected chi connectivity index (χ0v) is 28.6. The number of fused-ring (bicyclic) bond motifs is 2. The average Bonchev–Trinajstić information content (AvgIpc) is 3.18. The first-order valence-corrected chi connectivity index (χ1v) is 17.1. The summed E-state index contributed by atoms with van der Waals surface area (Å²) in [6.45, 7) is 4.66. The number of piperazine rings is 1. The third-order valence-corrected chi connectivity index (χ3v) is 8.97. The summed E-state index contributed by atoms with van der Waals surface area (Å²) in [4.78, 5) is 31.9. The fraction of sp³-hybridized carbons (Fsp3) is 0.179. The molecular formula is C39H37N11O2. The Kier molecular flexibility index (Phi) is 9.22. The standard InChI is InChI=1S/C39H37N11O2/c1-51-35-22-26(31-25-44-38(48-37(31)40)46-30-21-28-7-3-5-9-33(28)43-24-30)10-11-34(35)52-19-18-49-14-16-50(17-15-49)39-41-13-12-36(47-39)45-29-20-27-6-2-4-8-32(27)42-23-29/h2-13,20-25H,14-19H2,1H3,(H,41,45,47)(H3,40,44,46,48). The molecule has 4 N–H and O–H groups in total. The van der Waals surface area contributed by atoms with Gasteiger partial charge in [-0.15, -0.1) is 0 Å². The quantitative estimate of drug-likeness (QED) is 0.139. The van der Waals surface area contributed by atoms with E-state index in [2.05, 4.69) is 51.4 Å². The molecule has 13 nitrogen and oxygen atoms in total. The molecule has 8 rings (SSSR count). The van der Waals surface area contributed by atoms with Crippen molar-refractivity contribution >= 4 is 56.7 Å². The number of methoxy groups -OCH3 is 1. The number of nitrogens with zero attached hydrogens (tertiary/aromatic N) is 8. The Morgan fingerprint density at radius 3 is 2.13 bits per heavy atom. The summed E-state index contributed by atoms with van der Waals surface area (Å²) in [6.07, 6.45) is 7.06. The lowest BCUT2D eigenvalue weighted by atomic mass is 10.1. The predicted octanol–water partition coefficient (Wildman–Crippen LogP) is 6.31.